The molecule has 0 N–H and O–H groups in total. The van der Waals surface area contributed by atoms with Gasteiger partial charge in [-0.1, -0.05) is 155 Å². The van der Waals surface area contributed by atoms with E-state index in [1.165, 1.54) is 33.4 Å². The van der Waals surface area contributed by atoms with Crippen molar-refractivity contribution in [3.63, 3.8) is 0 Å². The van der Waals surface area contributed by atoms with Crippen molar-refractivity contribution in [1.29, 1.82) is 0 Å². The molecule has 0 fully saturated rings. The van der Waals surface area contributed by atoms with Crippen LogP contribution < -0.4 is 0 Å². The van der Waals surface area contributed by atoms with E-state index in [1.807, 2.05) is 83.1 Å². The van der Waals surface area contributed by atoms with Gasteiger partial charge in [-0.2, -0.15) is 0 Å². The molecule has 3 aromatic carbocycles. The lowest BCUT2D eigenvalue weighted by molar-refractivity contribution is 1.42. The summed E-state index contributed by atoms with van der Waals surface area (Å²) in [6.07, 6.45) is 1.00. The Morgan fingerprint density at radius 1 is 0.455 bits per heavy atom. The summed E-state index contributed by atoms with van der Waals surface area (Å²) < 4.78 is 0. The Labute approximate surface area is 211 Å². The Kier molecular flexibility index (Phi) is 35.0. The first-order valence-corrected chi connectivity index (χ1v) is 14.0. The Bertz CT molecular complexity index is 725. The summed E-state index contributed by atoms with van der Waals surface area (Å²) in [4.78, 5) is 0. The van der Waals surface area contributed by atoms with Gasteiger partial charge in [0.15, 0.2) is 0 Å². The van der Waals surface area contributed by atoms with Gasteiger partial charge in [0.1, 0.15) is 0 Å². The van der Waals surface area contributed by atoms with Crippen LogP contribution in [0.15, 0.2) is 72.8 Å². The van der Waals surface area contributed by atoms with Crippen molar-refractivity contribution in [2.75, 3.05) is 0 Å². The molecule has 3 rings (SSSR count). The fourth-order valence-electron chi connectivity index (χ4n) is 2.46. The minimum Gasteiger partial charge on any atom is -0.133 e. The lowest BCUT2D eigenvalue weighted by Crippen LogP contribution is -1.83. The zero-order valence-corrected chi connectivity index (χ0v) is 25.4. The molecule has 0 saturated carbocycles. The van der Waals surface area contributed by atoms with Gasteiger partial charge in [-0.15, -0.1) is 9.24 Å². The van der Waals surface area contributed by atoms with E-state index in [0.29, 0.717) is 0 Å². The molecule has 0 nitrogen and oxygen atoms in total. The van der Waals surface area contributed by atoms with Gasteiger partial charge in [-0.05, 0) is 47.0 Å². The second-order valence-corrected chi connectivity index (χ2v) is 5.76. The number of hydrogen-bond acceptors (Lipinski definition) is 0. The van der Waals surface area contributed by atoms with Gasteiger partial charge in [0.25, 0.3) is 0 Å². The Hall–Kier alpha value is -1.91. The van der Waals surface area contributed by atoms with E-state index in [9.17, 15) is 0 Å². The summed E-state index contributed by atoms with van der Waals surface area (Å²) in [5.74, 6) is 0. The van der Waals surface area contributed by atoms with Crippen molar-refractivity contribution in [2.45, 2.75) is 96.2 Å². The standard InChI is InChI=1S/C20H19P.6C2H6/c1-15-5-9-17(10-6-15)19-3-2-4-20(13-19)18-11-7-16(14-21)8-12-18;6*1-2/h2-13H,14,21H2,1H3;6*1-2H3. The zero-order chi connectivity index (χ0) is 26.7. The second-order valence-electron chi connectivity index (χ2n) is 5.35. The molecule has 0 heterocycles. The van der Waals surface area contributed by atoms with E-state index < -0.39 is 0 Å². The largest absolute Gasteiger partial charge is 0.133 e. The predicted molar refractivity (Wildman–Crippen MR) is 164 cm³/mol. The molecule has 1 heteroatoms. The third-order valence-corrected chi connectivity index (χ3v) is 4.24. The molecule has 0 saturated heterocycles. The van der Waals surface area contributed by atoms with E-state index in [1.54, 1.807) is 0 Å². The van der Waals surface area contributed by atoms with Crippen LogP contribution >= 0.6 is 9.24 Å². The van der Waals surface area contributed by atoms with Crippen LogP contribution in [0, 0.1) is 6.92 Å². The number of rotatable bonds is 3. The summed E-state index contributed by atoms with van der Waals surface area (Å²) in [5.41, 5.74) is 7.71. The molecular formula is C32H55P. The lowest BCUT2D eigenvalue weighted by Gasteiger charge is -2.07. The highest BCUT2D eigenvalue weighted by molar-refractivity contribution is 7.15. The normalized spacial score (nSPS) is 7.82. The molecule has 0 amide bonds. The highest BCUT2D eigenvalue weighted by Crippen LogP contribution is 2.27. The fraction of sp³-hybridized carbons (Fsp3) is 0.438. The van der Waals surface area contributed by atoms with Gasteiger partial charge in [0.05, 0.1) is 0 Å². The average Bonchev–Trinajstić information content (AvgIpc) is 2.96. The topological polar surface area (TPSA) is 0 Å². The van der Waals surface area contributed by atoms with Crippen LogP contribution in [0.5, 0.6) is 0 Å². The Balaban J connectivity index is -0.000000306. The molecule has 0 bridgehead atoms. The van der Waals surface area contributed by atoms with Gasteiger partial charge in [-0.25, -0.2) is 0 Å². The molecule has 188 valence electrons. The van der Waals surface area contributed by atoms with Gasteiger partial charge in [0.2, 0.25) is 0 Å². The maximum atomic E-state index is 2.76. The molecule has 0 aliphatic rings. The maximum Gasteiger partial charge on any atom is -0.0128 e. The van der Waals surface area contributed by atoms with Gasteiger partial charge >= 0.3 is 0 Å². The van der Waals surface area contributed by atoms with Crippen LogP contribution in [0.3, 0.4) is 0 Å². The van der Waals surface area contributed by atoms with E-state index in [0.717, 1.165) is 6.16 Å². The summed E-state index contributed by atoms with van der Waals surface area (Å²) in [6, 6.07) is 26.2. The second kappa shape index (κ2) is 30.1. The van der Waals surface area contributed by atoms with Gasteiger partial charge < -0.3 is 0 Å². The molecule has 1 unspecified atom stereocenters. The predicted octanol–water partition coefficient (Wildman–Crippen LogP) is 11.9. The number of hydrogen-bond donors (Lipinski definition) is 0. The van der Waals surface area contributed by atoms with Crippen molar-refractivity contribution in [3.8, 4) is 22.3 Å². The Morgan fingerprint density at radius 2 is 0.788 bits per heavy atom. The third-order valence-electron chi connectivity index (χ3n) is 3.77. The van der Waals surface area contributed by atoms with Crippen LogP contribution in [0.25, 0.3) is 22.3 Å². The fourth-order valence-corrected chi connectivity index (χ4v) is 2.73. The van der Waals surface area contributed by atoms with Crippen molar-refractivity contribution in [3.05, 3.63) is 83.9 Å². The van der Waals surface area contributed by atoms with Gasteiger partial charge in [0, 0.05) is 0 Å². The van der Waals surface area contributed by atoms with E-state index in [-0.39, 0.29) is 0 Å². The van der Waals surface area contributed by atoms with E-state index >= 15 is 0 Å². The summed E-state index contributed by atoms with van der Waals surface area (Å²) in [5, 5.41) is 0. The van der Waals surface area contributed by atoms with Crippen molar-refractivity contribution < 1.29 is 0 Å². The zero-order valence-electron chi connectivity index (χ0n) is 24.2. The van der Waals surface area contributed by atoms with Crippen LogP contribution in [0.4, 0.5) is 0 Å². The van der Waals surface area contributed by atoms with Crippen LogP contribution in [-0.2, 0) is 6.16 Å². The quantitative estimate of drug-likeness (QED) is 0.334. The molecule has 0 spiro atoms. The SMILES string of the molecule is CC.CC.CC.CC.CC.CC.Cc1ccc(-c2cccc(-c3ccc(CP)cc3)c2)cc1. The summed E-state index contributed by atoms with van der Waals surface area (Å²) in [6.45, 7) is 26.1. The van der Waals surface area contributed by atoms with Crippen molar-refractivity contribution in [1.82, 2.24) is 0 Å². The van der Waals surface area contributed by atoms with Crippen LogP contribution in [0.2, 0.25) is 0 Å². The van der Waals surface area contributed by atoms with Crippen LogP contribution in [-0.4, -0.2) is 0 Å². The molecule has 0 aliphatic carbocycles. The monoisotopic (exact) mass is 470 g/mol. The summed E-state index contributed by atoms with van der Waals surface area (Å²) >= 11 is 0. The first-order chi connectivity index (χ1) is 16.3. The average molecular weight is 471 g/mol. The molecule has 0 aromatic heterocycles. The first kappa shape index (κ1) is 38.4. The first-order valence-electron chi connectivity index (χ1n) is 13.2. The highest BCUT2D eigenvalue weighted by atomic mass is 31.0. The van der Waals surface area contributed by atoms with Crippen LogP contribution in [0.1, 0.15) is 94.2 Å². The van der Waals surface area contributed by atoms with Gasteiger partial charge in [-0.3, -0.25) is 0 Å². The molecular weight excluding hydrogens is 415 g/mol. The molecule has 0 radical (unpaired) electrons. The van der Waals surface area contributed by atoms with Crippen molar-refractivity contribution >= 4 is 9.24 Å². The minimum atomic E-state index is 1.00. The molecule has 33 heavy (non-hydrogen) atoms. The number of aryl methyl sites for hydroxylation is 1. The lowest BCUT2D eigenvalue weighted by atomic mass is 9.98. The van der Waals surface area contributed by atoms with E-state index in [2.05, 4.69) is 89.0 Å². The van der Waals surface area contributed by atoms with Crippen molar-refractivity contribution in [2.24, 2.45) is 0 Å². The highest BCUT2D eigenvalue weighted by Gasteiger charge is 2.02. The molecule has 1 atom stereocenters. The summed E-state index contributed by atoms with van der Waals surface area (Å²) in [7, 11) is 2.76. The maximum absolute atomic E-state index is 2.76. The smallest absolute Gasteiger partial charge is 0.0128 e. The third kappa shape index (κ3) is 16.4. The minimum absolute atomic E-state index is 1.00. The van der Waals surface area contributed by atoms with E-state index in [4.69, 9.17) is 0 Å². The molecule has 0 aliphatic heterocycles. The Morgan fingerprint density at radius 3 is 1.12 bits per heavy atom. The number of benzene rings is 3. The molecule has 3 aromatic rings.